The van der Waals surface area contributed by atoms with Crippen molar-refractivity contribution in [3.63, 3.8) is 0 Å². The number of aromatic nitrogens is 5. The smallest absolute Gasteiger partial charge is 0.266 e. The van der Waals surface area contributed by atoms with Gasteiger partial charge in [-0.25, -0.2) is 9.67 Å². The van der Waals surface area contributed by atoms with Gasteiger partial charge < -0.3 is 4.90 Å². The molecule has 1 aromatic carbocycles. The van der Waals surface area contributed by atoms with E-state index in [1.54, 1.807) is 29.2 Å². The van der Waals surface area contributed by atoms with Crippen molar-refractivity contribution in [2.45, 2.75) is 25.4 Å². The first kappa shape index (κ1) is 17.5. The predicted molar refractivity (Wildman–Crippen MR) is 112 cm³/mol. The summed E-state index contributed by atoms with van der Waals surface area (Å²) < 4.78 is 1.56. The fraction of sp³-hybridized carbons (Fsp3) is 0.227. The topological polar surface area (TPSA) is 76.8 Å². The highest BCUT2D eigenvalue weighted by Gasteiger charge is 2.27. The quantitative estimate of drug-likeness (QED) is 0.538. The summed E-state index contributed by atoms with van der Waals surface area (Å²) >= 11 is 0. The summed E-state index contributed by atoms with van der Waals surface area (Å²) in [5.74, 6) is 0.851. The van der Waals surface area contributed by atoms with E-state index in [2.05, 4.69) is 20.0 Å². The van der Waals surface area contributed by atoms with Gasteiger partial charge in [0, 0.05) is 30.6 Å². The second-order valence-corrected chi connectivity index (χ2v) is 7.18. The lowest BCUT2D eigenvalue weighted by molar-refractivity contribution is 0.489. The molecule has 0 spiro atoms. The highest BCUT2D eigenvalue weighted by Crippen LogP contribution is 2.25. The van der Waals surface area contributed by atoms with E-state index in [9.17, 15) is 4.79 Å². The molecule has 1 saturated heterocycles. The Morgan fingerprint density at radius 3 is 2.69 bits per heavy atom. The number of rotatable bonds is 4. The molecule has 4 heterocycles. The standard InChI is InChI=1S/C22H20N6O/c29-22-8-7-18(16-9-11-23-12-10-16)26-28(22)15-17-4-3-13-27(17)21-14-24-19-5-1-2-6-20(19)25-21/h1-2,5-12,14,17H,3-4,13,15H2. The van der Waals surface area contributed by atoms with Gasteiger partial charge in [0.1, 0.15) is 5.82 Å². The summed E-state index contributed by atoms with van der Waals surface area (Å²) in [4.78, 5) is 28.1. The van der Waals surface area contributed by atoms with Crippen molar-refractivity contribution in [2.75, 3.05) is 11.4 Å². The molecule has 29 heavy (non-hydrogen) atoms. The average Bonchev–Trinajstić information content (AvgIpc) is 3.24. The Kier molecular flexibility index (Phi) is 4.48. The normalized spacial score (nSPS) is 16.4. The minimum atomic E-state index is -0.0979. The highest BCUT2D eigenvalue weighted by atomic mass is 16.1. The van der Waals surface area contributed by atoms with Crippen LogP contribution in [0.3, 0.4) is 0 Å². The van der Waals surface area contributed by atoms with Gasteiger partial charge in [0.25, 0.3) is 5.56 Å². The SMILES string of the molecule is O=c1ccc(-c2ccncc2)nn1CC1CCCN1c1cnc2ccccc2n1. The Morgan fingerprint density at radius 2 is 1.83 bits per heavy atom. The second-order valence-electron chi connectivity index (χ2n) is 7.18. The van der Waals surface area contributed by atoms with Gasteiger partial charge >= 0.3 is 0 Å². The Balaban J connectivity index is 1.44. The van der Waals surface area contributed by atoms with E-state index in [0.29, 0.717) is 6.54 Å². The fourth-order valence-electron chi connectivity index (χ4n) is 3.87. The number of para-hydroxylation sites is 2. The van der Waals surface area contributed by atoms with Crippen LogP contribution in [0.15, 0.2) is 71.9 Å². The first-order valence-electron chi connectivity index (χ1n) is 9.75. The third-order valence-corrected chi connectivity index (χ3v) is 5.33. The van der Waals surface area contributed by atoms with E-state index in [-0.39, 0.29) is 11.6 Å². The molecule has 3 aromatic heterocycles. The molecule has 5 rings (SSSR count). The van der Waals surface area contributed by atoms with Crippen molar-refractivity contribution in [3.05, 3.63) is 77.5 Å². The van der Waals surface area contributed by atoms with Gasteiger partial charge in [-0.05, 0) is 43.2 Å². The van der Waals surface area contributed by atoms with Crippen LogP contribution < -0.4 is 10.5 Å². The van der Waals surface area contributed by atoms with Gasteiger partial charge in [-0.3, -0.25) is 14.8 Å². The largest absolute Gasteiger partial charge is 0.350 e. The van der Waals surface area contributed by atoms with Crippen LogP contribution in [0.25, 0.3) is 22.3 Å². The molecule has 1 aliphatic rings. The molecule has 0 bridgehead atoms. The molecular weight excluding hydrogens is 364 g/mol. The highest BCUT2D eigenvalue weighted by molar-refractivity contribution is 5.75. The van der Waals surface area contributed by atoms with Crippen LogP contribution in [0.4, 0.5) is 5.82 Å². The molecular formula is C22H20N6O. The zero-order chi connectivity index (χ0) is 19.6. The maximum Gasteiger partial charge on any atom is 0.266 e. The van der Waals surface area contributed by atoms with Crippen molar-refractivity contribution >= 4 is 16.9 Å². The third-order valence-electron chi connectivity index (χ3n) is 5.33. The minimum absolute atomic E-state index is 0.0979. The number of nitrogens with zero attached hydrogens (tertiary/aromatic N) is 6. The lowest BCUT2D eigenvalue weighted by Gasteiger charge is -2.26. The second kappa shape index (κ2) is 7.43. The molecule has 0 N–H and O–H groups in total. The Labute approximate surface area is 167 Å². The van der Waals surface area contributed by atoms with Crippen molar-refractivity contribution in [1.29, 1.82) is 0 Å². The van der Waals surface area contributed by atoms with Gasteiger partial charge in [0.2, 0.25) is 0 Å². The number of fused-ring (bicyclic) bond motifs is 1. The molecule has 144 valence electrons. The average molecular weight is 384 g/mol. The minimum Gasteiger partial charge on any atom is -0.350 e. The van der Waals surface area contributed by atoms with Crippen LogP contribution in [0.5, 0.6) is 0 Å². The van der Waals surface area contributed by atoms with Crippen molar-refractivity contribution < 1.29 is 0 Å². The van der Waals surface area contributed by atoms with Crippen molar-refractivity contribution in [3.8, 4) is 11.3 Å². The number of hydrogen-bond donors (Lipinski definition) is 0. The number of benzene rings is 1. The number of pyridine rings is 1. The van der Waals surface area contributed by atoms with E-state index in [4.69, 9.17) is 4.98 Å². The first-order chi connectivity index (χ1) is 14.3. The van der Waals surface area contributed by atoms with Gasteiger partial charge in [-0.2, -0.15) is 5.10 Å². The lowest BCUT2D eigenvalue weighted by Crippen LogP contribution is -2.37. The molecule has 0 saturated carbocycles. The van der Waals surface area contributed by atoms with Gasteiger partial charge in [-0.1, -0.05) is 12.1 Å². The number of hydrogen-bond acceptors (Lipinski definition) is 6. The Morgan fingerprint density at radius 1 is 1.00 bits per heavy atom. The summed E-state index contributed by atoms with van der Waals surface area (Å²) in [6.45, 7) is 1.42. The Bertz CT molecular complexity index is 1210. The summed E-state index contributed by atoms with van der Waals surface area (Å²) in [5.41, 5.74) is 3.37. The van der Waals surface area contributed by atoms with Crippen LogP contribution >= 0.6 is 0 Å². The molecule has 1 aliphatic heterocycles. The van der Waals surface area contributed by atoms with Gasteiger partial charge in [0.15, 0.2) is 0 Å². The molecule has 1 unspecified atom stereocenters. The van der Waals surface area contributed by atoms with E-state index in [1.165, 1.54) is 0 Å². The zero-order valence-corrected chi connectivity index (χ0v) is 15.8. The molecule has 4 aromatic rings. The van der Waals surface area contributed by atoms with Crippen LogP contribution in [-0.2, 0) is 6.54 Å². The van der Waals surface area contributed by atoms with E-state index < -0.39 is 0 Å². The van der Waals surface area contributed by atoms with E-state index >= 15 is 0 Å². The maximum atomic E-state index is 12.5. The summed E-state index contributed by atoms with van der Waals surface area (Å²) in [7, 11) is 0. The molecule has 1 atom stereocenters. The third kappa shape index (κ3) is 3.47. The molecule has 1 fully saturated rings. The molecule has 0 amide bonds. The van der Waals surface area contributed by atoms with Gasteiger partial charge in [-0.15, -0.1) is 0 Å². The Hall–Kier alpha value is -3.61. The van der Waals surface area contributed by atoms with Crippen molar-refractivity contribution in [2.24, 2.45) is 0 Å². The van der Waals surface area contributed by atoms with Crippen LogP contribution in [0.2, 0.25) is 0 Å². The van der Waals surface area contributed by atoms with Gasteiger partial charge in [0.05, 0.1) is 35.5 Å². The summed E-state index contributed by atoms with van der Waals surface area (Å²) in [6.07, 6.45) is 7.32. The fourth-order valence-corrected chi connectivity index (χ4v) is 3.87. The van der Waals surface area contributed by atoms with Crippen LogP contribution in [0.1, 0.15) is 12.8 Å². The molecule has 0 radical (unpaired) electrons. The first-order valence-corrected chi connectivity index (χ1v) is 9.75. The maximum absolute atomic E-state index is 12.5. The predicted octanol–water partition coefficient (Wildman–Crippen LogP) is 2.92. The summed E-state index contributed by atoms with van der Waals surface area (Å²) in [5, 5.41) is 4.60. The summed E-state index contributed by atoms with van der Waals surface area (Å²) in [6, 6.07) is 15.1. The monoisotopic (exact) mass is 384 g/mol. The van der Waals surface area contributed by atoms with Crippen LogP contribution in [-0.4, -0.2) is 37.3 Å². The molecule has 0 aliphatic carbocycles. The lowest BCUT2D eigenvalue weighted by atomic mass is 10.2. The molecule has 7 nitrogen and oxygen atoms in total. The number of anilines is 1. The van der Waals surface area contributed by atoms with E-state index in [0.717, 1.165) is 47.5 Å². The molecule has 7 heteroatoms. The zero-order valence-electron chi connectivity index (χ0n) is 15.8. The van der Waals surface area contributed by atoms with Crippen LogP contribution in [0, 0.1) is 0 Å². The van der Waals surface area contributed by atoms with E-state index in [1.807, 2.05) is 42.6 Å². The van der Waals surface area contributed by atoms with Crippen molar-refractivity contribution in [1.82, 2.24) is 24.7 Å².